The van der Waals surface area contributed by atoms with Gasteiger partial charge < -0.3 is 9.47 Å². The van der Waals surface area contributed by atoms with Crippen LogP contribution in [-0.2, 0) is 19.1 Å². The van der Waals surface area contributed by atoms with E-state index in [4.69, 9.17) is 4.74 Å². The van der Waals surface area contributed by atoms with Gasteiger partial charge in [0.05, 0.1) is 7.11 Å². The van der Waals surface area contributed by atoms with Crippen molar-refractivity contribution in [1.82, 2.24) is 0 Å². The van der Waals surface area contributed by atoms with Crippen molar-refractivity contribution in [2.24, 2.45) is 0 Å². The predicted molar refractivity (Wildman–Crippen MR) is 83.9 cm³/mol. The van der Waals surface area contributed by atoms with Crippen LogP contribution in [0.3, 0.4) is 0 Å². The SMILES string of the molecule is C=C(C(=O)OC)C(C(=O)OC(C)(C)C)c1ccc(Br)cc1. The molecule has 0 heterocycles. The summed E-state index contributed by atoms with van der Waals surface area (Å²) in [7, 11) is 1.25. The lowest BCUT2D eigenvalue weighted by Gasteiger charge is -2.24. The predicted octanol–water partition coefficient (Wildman–Crippen LogP) is 3.60. The summed E-state index contributed by atoms with van der Waals surface area (Å²) in [5.41, 5.74) is 0.0260. The molecule has 1 rings (SSSR count). The molecule has 0 bridgehead atoms. The van der Waals surface area contributed by atoms with E-state index >= 15 is 0 Å². The highest BCUT2D eigenvalue weighted by molar-refractivity contribution is 9.10. The molecule has 1 aromatic carbocycles. The van der Waals surface area contributed by atoms with Crippen LogP contribution in [0.4, 0.5) is 0 Å². The van der Waals surface area contributed by atoms with Gasteiger partial charge in [-0.15, -0.1) is 0 Å². The van der Waals surface area contributed by atoms with Crippen LogP contribution in [0.15, 0.2) is 40.9 Å². The molecule has 0 aliphatic carbocycles. The zero-order valence-electron chi connectivity index (χ0n) is 12.6. The molecule has 114 valence electrons. The van der Waals surface area contributed by atoms with Crippen molar-refractivity contribution < 1.29 is 19.1 Å². The minimum Gasteiger partial charge on any atom is -0.466 e. The molecule has 0 amide bonds. The van der Waals surface area contributed by atoms with Gasteiger partial charge in [0.25, 0.3) is 0 Å². The Balaban J connectivity index is 3.17. The third-order valence-electron chi connectivity index (χ3n) is 2.64. The fourth-order valence-electron chi connectivity index (χ4n) is 1.74. The summed E-state index contributed by atoms with van der Waals surface area (Å²) in [6.07, 6.45) is 0. The van der Waals surface area contributed by atoms with Gasteiger partial charge in [-0.2, -0.15) is 0 Å². The van der Waals surface area contributed by atoms with Crippen LogP contribution in [0.25, 0.3) is 0 Å². The van der Waals surface area contributed by atoms with Crippen LogP contribution < -0.4 is 0 Å². The van der Waals surface area contributed by atoms with E-state index < -0.39 is 23.5 Å². The number of hydrogen-bond donors (Lipinski definition) is 0. The van der Waals surface area contributed by atoms with E-state index in [1.807, 2.05) is 0 Å². The maximum Gasteiger partial charge on any atom is 0.334 e. The van der Waals surface area contributed by atoms with E-state index in [-0.39, 0.29) is 5.57 Å². The van der Waals surface area contributed by atoms with Crippen molar-refractivity contribution in [1.29, 1.82) is 0 Å². The van der Waals surface area contributed by atoms with Gasteiger partial charge in [-0.3, -0.25) is 4.79 Å². The quantitative estimate of drug-likeness (QED) is 0.612. The maximum atomic E-state index is 12.4. The number of hydrogen-bond acceptors (Lipinski definition) is 4. The van der Waals surface area contributed by atoms with Crippen LogP contribution in [-0.4, -0.2) is 24.6 Å². The molecule has 1 atom stereocenters. The van der Waals surface area contributed by atoms with Crippen LogP contribution in [0, 0.1) is 0 Å². The zero-order chi connectivity index (χ0) is 16.2. The number of esters is 2. The standard InChI is InChI=1S/C16H19BrO4/c1-10(14(18)20-5)13(15(19)21-16(2,3)4)11-6-8-12(17)9-7-11/h6-9,13H,1H2,2-5H3. The van der Waals surface area contributed by atoms with Gasteiger partial charge in [0, 0.05) is 10.0 Å². The highest BCUT2D eigenvalue weighted by atomic mass is 79.9. The number of ether oxygens (including phenoxy) is 2. The van der Waals surface area contributed by atoms with Crippen molar-refractivity contribution >= 4 is 27.9 Å². The van der Waals surface area contributed by atoms with Gasteiger partial charge in [0.2, 0.25) is 0 Å². The molecule has 0 radical (unpaired) electrons. The molecule has 0 spiro atoms. The summed E-state index contributed by atoms with van der Waals surface area (Å²) in [6.45, 7) is 8.99. The zero-order valence-corrected chi connectivity index (χ0v) is 14.2. The number of rotatable bonds is 4. The lowest BCUT2D eigenvalue weighted by molar-refractivity contribution is -0.157. The molecular formula is C16H19BrO4. The second kappa shape index (κ2) is 6.89. The van der Waals surface area contributed by atoms with E-state index in [0.29, 0.717) is 5.56 Å². The first-order chi connectivity index (χ1) is 9.65. The highest BCUT2D eigenvalue weighted by Gasteiger charge is 2.32. The lowest BCUT2D eigenvalue weighted by atomic mass is 9.92. The van der Waals surface area contributed by atoms with Crippen molar-refractivity contribution in [3.8, 4) is 0 Å². The minimum atomic E-state index is -0.884. The number of halogens is 1. The third kappa shape index (κ3) is 5.01. The molecule has 0 aliphatic heterocycles. The molecule has 5 heteroatoms. The number of carbonyl (C=O) groups is 2. The van der Waals surface area contributed by atoms with Crippen molar-refractivity contribution in [2.75, 3.05) is 7.11 Å². The summed E-state index contributed by atoms with van der Waals surface area (Å²) < 4.78 is 10.9. The van der Waals surface area contributed by atoms with Gasteiger partial charge in [-0.05, 0) is 38.5 Å². The fourth-order valence-corrected chi connectivity index (χ4v) is 2.01. The molecule has 0 fully saturated rings. The monoisotopic (exact) mass is 354 g/mol. The van der Waals surface area contributed by atoms with Gasteiger partial charge in [-0.1, -0.05) is 34.6 Å². The molecule has 1 unspecified atom stereocenters. The average molecular weight is 355 g/mol. The van der Waals surface area contributed by atoms with E-state index in [2.05, 4.69) is 27.2 Å². The second-order valence-corrected chi connectivity index (χ2v) is 6.45. The maximum absolute atomic E-state index is 12.4. The first-order valence-electron chi connectivity index (χ1n) is 6.41. The van der Waals surface area contributed by atoms with Crippen LogP contribution in [0.5, 0.6) is 0 Å². The minimum absolute atomic E-state index is 0.0501. The Bertz CT molecular complexity index is 540. The molecule has 0 aliphatic rings. The first kappa shape index (κ1) is 17.4. The molecule has 0 aromatic heterocycles. The Labute approximate surface area is 133 Å². The second-order valence-electron chi connectivity index (χ2n) is 5.53. The number of methoxy groups -OCH3 is 1. The first-order valence-corrected chi connectivity index (χ1v) is 7.20. The molecule has 0 N–H and O–H groups in total. The summed E-state index contributed by atoms with van der Waals surface area (Å²) in [6, 6.07) is 7.06. The number of benzene rings is 1. The summed E-state index contributed by atoms with van der Waals surface area (Å²) in [5.74, 6) is -2.04. The van der Waals surface area contributed by atoms with Crippen molar-refractivity contribution in [3.63, 3.8) is 0 Å². The molecule has 21 heavy (non-hydrogen) atoms. The van der Waals surface area contributed by atoms with E-state index in [9.17, 15) is 9.59 Å². The topological polar surface area (TPSA) is 52.6 Å². The van der Waals surface area contributed by atoms with Crippen molar-refractivity contribution in [3.05, 3.63) is 46.5 Å². The average Bonchev–Trinajstić information content (AvgIpc) is 2.38. The molecule has 4 nitrogen and oxygen atoms in total. The Morgan fingerprint density at radius 1 is 1.19 bits per heavy atom. The van der Waals surface area contributed by atoms with Gasteiger partial charge in [0.15, 0.2) is 0 Å². The van der Waals surface area contributed by atoms with Crippen LogP contribution in [0.2, 0.25) is 0 Å². The number of carbonyl (C=O) groups excluding carboxylic acids is 2. The Morgan fingerprint density at radius 3 is 2.14 bits per heavy atom. The smallest absolute Gasteiger partial charge is 0.334 e. The van der Waals surface area contributed by atoms with Gasteiger partial charge in [0.1, 0.15) is 11.5 Å². The lowest BCUT2D eigenvalue weighted by Crippen LogP contribution is -2.30. The van der Waals surface area contributed by atoms with Gasteiger partial charge in [-0.25, -0.2) is 4.79 Å². The highest BCUT2D eigenvalue weighted by Crippen LogP contribution is 2.28. The van der Waals surface area contributed by atoms with Crippen LogP contribution in [0.1, 0.15) is 32.3 Å². The largest absolute Gasteiger partial charge is 0.466 e. The Hall–Kier alpha value is -1.62. The van der Waals surface area contributed by atoms with Crippen LogP contribution >= 0.6 is 15.9 Å². The summed E-state index contributed by atoms with van der Waals surface area (Å²) in [4.78, 5) is 24.1. The van der Waals surface area contributed by atoms with Crippen molar-refractivity contribution in [2.45, 2.75) is 32.3 Å². The summed E-state index contributed by atoms with van der Waals surface area (Å²) >= 11 is 3.33. The van der Waals surface area contributed by atoms with E-state index in [0.717, 1.165) is 4.47 Å². The molecule has 1 aromatic rings. The normalized spacial score (nSPS) is 12.4. The molecule has 0 saturated heterocycles. The molecule has 0 saturated carbocycles. The Kier molecular flexibility index (Phi) is 5.72. The molecular weight excluding hydrogens is 336 g/mol. The Morgan fingerprint density at radius 2 is 1.71 bits per heavy atom. The summed E-state index contributed by atoms with van der Waals surface area (Å²) in [5, 5.41) is 0. The fraction of sp³-hybridized carbons (Fsp3) is 0.375. The van der Waals surface area contributed by atoms with Gasteiger partial charge >= 0.3 is 11.9 Å². The third-order valence-corrected chi connectivity index (χ3v) is 3.17. The van der Waals surface area contributed by atoms with E-state index in [1.165, 1.54) is 7.11 Å². The van der Waals surface area contributed by atoms with E-state index in [1.54, 1.807) is 45.0 Å².